The third kappa shape index (κ3) is 1.70. The van der Waals surface area contributed by atoms with Gasteiger partial charge in [-0.1, -0.05) is 20.3 Å². The standard InChI is InChI=1S/C12H19NO3/c1-8-6-13(7-9(8)10(14)15)11(16)12(2)4-3-5-12/h8-9H,3-7H2,1-2H3,(H,14,15)/t8-,9-/m1/s1. The molecule has 0 unspecified atom stereocenters. The third-order valence-corrected chi connectivity index (χ3v) is 4.19. The van der Waals surface area contributed by atoms with Gasteiger partial charge in [-0.3, -0.25) is 9.59 Å². The second-order valence-corrected chi connectivity index (χ2v) is 5.55. The average molecular weight is 225 g/mol. The summed E-state index contributed by atoms with van der Waals surface area (Å²) in [5.41, 5.74) is -0.201. The largest absolute Gasteiger partial charge is 0.481 e. The maximum atomic E-state index is 12.2. The highest BCUT2D eigenvalue weighted by Gasteiger charge is 2.46. The summed E-state index contributed by atoms with van der Waals surface area (Å²) in [6.07, 6.45) is 3.02. The first-order valence-electron chi connectivity index (χ1n) is 5.96. The lowest BCUT2D eigenvalue weighted by molar-refractivity contribution is -0.146. The molecule has 0 radical (unpaired) electrons. The predicted octanol–water partition coefficient (Wildman–Crippen LogP) is 1.36. The summed E-state index contributed by atoms with van der Waals surface area (Å²) < 4.78 is 0. The quantitative estimate of drug-likeness (QED) is 0.772. The molecule has 4 nitrogen and oxygen atoms in total. The van der Waals surface area contributed by atoms with E-state index in [-0.39, 0.29) is 23.2 Å². The Labute approximate surface area is 95.6 Å². The number of carboxylic acid groups (broad SMARTS) is 1. The minimum Gasteiger partial charge on any atom is -0.481 e. The van der Waals surface area contributed by atoms with Crippen molar-refractivity contribution in [1.82, 2.24) is 4.90 Å². The number of carbonyl (C=O) groups is 2. The Morgan fingerprint density at radius 1 is 1.31 bits per heavy atom. The van der Waals surface area contributed by atoms with Crippen LogP contribution in [-0.4, -0.2) is 35.0 Å². The molecule has 0 aromatic carbocycles. The van der Waals surface area contributed by atoms with Gasteiger partial charge in [-0.05, 0) is 18.8 Å². The molecule has 16 heavy (non-hydrogen) atoms. The minimum absolute atomic E-state index is 0.0742. The van der Waals surface area contributed by atoms with Crippen LogP contribution in [0.4, 0.5) is 0 Å². The van der Waals surface area contributed by atoms with E-state index >= 15 is 0 Å². The number of hydrogen-bond acceptors (Lipinski definition) is 2. The van der Waals surface area contributed by atoms with E-state index in [2.05, 4.69) is 0 Å². The van der Waals surface area contributed by atoms with Gasteiger partial charge in [0.15, 0.2) is 0 Å². The Hall–Kier alpha value is -1.06. The molecule has 0 bridgehead atoms. The van der Waals surface area contributed by atoms with Crippen LogP contribution in [0.1, 0.15) is 33.1 Å². The lowest BCUT2D eigenvalue weighted by atomic mass is 9.69. The van der Waals surface area contributed by atoms with E-state index in [9.17, 15) is 9.59 Å². The van der Waals surface area contributed by atoms with E-state index in [1.165, 1.54) is 0 Å². The van der Waals surface area contributed by atoms with Crippen LogP contribution >= 0.6 is 0 Å². The number of carboxylic acids is 1. The van der Waals surface area contributed by atoms with Gasteiger partial charge in [-0.15, -0.1) is 0 Å². The van der Waals surface area contributed by atoms with Gasteiger partial charge in [-0.2, -0.15) is 0 Å². The second-order valence-electron chi connectivity index (χ2n) is 5.55. The Kier molecular flexibility index (Phi) is 2.68. The minimum atomic E-state index is -0.776. The lowest BCUT2D eigenvalue weighted by Gasteiger charge is -2.39. The van der Waals surface area contributed by atoms with Gasteiger partial charge in [-0.25, -0.2) is 0 Å². The summed E-state index contributed by atoms with van der Waals surface area (Å²) in [6.45, 7) is 4.91. The predicted molar refractivity (Wildman–Crippen MR) is 58.8 cm³/mol. The molecule has 2 rings (SSSR count). The van der Waals surface area contributed by atoms with Crippen molar-refractivity contribution in [3.63, 3.8) is 0 Å². The zero-order valence-electron chi connectivity index (χ0n) is 9.90. The highest BCUT2D eigenvalue weighted by molar-refractivity contribution is 5.84. The van der Waals surface area contributed by atoms with Gasteiger partial charge in [0.05, 0.1) is 5.92 Å². The summed E-state index contributed by atoms with van der Waals surface area (Å²) in [5.74, 6) is -0.923. The molecule has 1 amide bonds. The molecule has 1 saturated carbocycles. The van der Waals surface area contributed by atoms with Crippen molar-refractivity contribution in [2.75, 3.05) is 13.1 Å². The summed E-state index contributed by atoms with van der Waals surface area (Å²) in [7, 11) is 0. The smallest absolute Gasteiger partial charge is 0.308 e. The number of hydrogen-bond donors (Lipinski definition) is 1. The normalized spacial score (nSPS) is 32.2. The Balaban J connectivity index is 2.02. The highest BCUT2D eigenvalue weighted by Crippen LogP contribution is 2.43. The van der Waals surface area contributed by atoms with Crippen molar-refractivity contribution in [2.45, 2.75) is 33.1 Å². The zero-order valence-corrected chi connectivity index (χ0v) is 9.90. The van der Waals surface area contributed by atoms with E-state index < -0.39 is 5.97 Å². The summed E-state index contributed by atoms with van der Waals surface area (Å²) in [5, 5.41) is 9.02. The van der Waals surface area contributed by atoms with Crippen molar-refractivity contribution in [2.24, 2.45) is 17.3 Å². The lowest BCUT2D eigenvalue weighted by Crippen LogP contribution is -2.45. The molecular formula is C12H19NO3. The van der Waals surface area contributed by atoms with Gasteiger partial charge < -0.3 is 10.0 Å². The molecule has 1 aliphatic heterocycles. The van der Waals surface area contributed by atoms with Crippen LogP contribution in [0.15, 0.2) is 0 Å². The third-order valence-electron chi connectivity index (χ3n) is 4.19. The van der Waals surface area contributed by atoms with Crippen molar-refractivity contribution in [3.05, 3.63) is 0 Å². The molecule has 2 fully saturated rings. The summed E-state index contributed by atoms with van der Waals surface area (Å²) >= 11 is 0. The SMILES string of the molecule is C[C@@H]1CN(C(=O)C2(C)CCC2)C[C@H]1C(=O)O. The molecule has 0 aromatic heterocycles. The summed E-state index contributed by atoms with van der Waals surface area (Å²) in [4.78, 5) is 24.9. The van der Waals surface area contributed by atoms with Crippen LogP contribution in [0.3, 0.4) is 0 Å². The second kappa shape index (κ2) is 3.75. The molecule has 1 aliphatic carbocycles. The van der Waals surface area contributed by atoms with Crippen LogP contribution in [0, 0.1) is 17.3 Å². The van der Waals surface area contributed by atoms with Gasteiger partial charge in [0.2, 0.25) is 5.91 Å². The molecule has 4 heteroatoms. The Bertz CT molecular complexity index is 322. The van der Waals surface area contributed by atoms with Gasteiger partial charge in [0.1, 0.15) is 0 Å². The molecular weight excluding hydrogens is 206 g/mol. The molecule has 0 spiro atoms. The fourth-order valence-electron chi connectivity index (χ4n) is 2.76. The first-order chi connectivity index (χ1) is 7.44. The first kappa shape index (κ1) is 11.4. The highest BCUT2D eigenvalue weighted by atomic mass is 16.4. The Morgan fingerprint density at radius 3 is 2.31 bits per heavy atom. The van der Waals surface area contributed by atoms with Gasteiger partial charge in [0.25, 0.3) is 0 Å². The van der Waals surface area contributed by atoms with E-state index in [4.69, 9.17) is 5.11 Å². The van der Waals surface area contributed by atoms with Crippen LogP contribution in [0.5, 0.6) is 0 Å². The molecule has 1 saturated heterocycles. The molecule has 90 valence electrons. The fraction of sp³-hybridized carbons (Fsp3) is 0.833. The van der Waals surface area contributed by atoms with Crippen LogP contribution in [0.2, 0.25) is 0 Å². The average Bonchev–Trinajstić information content (AvgIpc) is 2.55. The van der Waals surface area contributed by atoms with Crippen LogP contribution < -0.4 is 0 Å². The molecule has 1 N–H and O–H groups in total. The number of aliphatic carboxylic acids is 1. The van der Waals surface area contributed by atoms with Crippen molar-refractivity contribution >= 4 is 11.9 Å². The van der Waals surface area contributed by atoms with Gasteiger partial charge >= 0.3 is 5.97 Å². The first-order valence-corrected chi connectivity index (χ1v) is 5.96. The number of amides is 1. The Morgan fingerprint density at radius 2 is 1.94 bits per heavy atom. The van der Waals surface area contributed by atoms with Crippen LogP contribution in [0.25, 0.3) is 0 Å². The van der Waals surface area contributed by atoms with Crippen molar-refractivity contribution in [1.29, 1.82) is 0 Å². The van der Waals surface area contributed by atoms with Gasteiger partial charge in [0, 0.05) is 18.5 Å². The maximum absolute atomic E-state index is 12.2. The van der Waals surface area contributed by atoms with Crippen molar-refractivity contribution in [3.8, 4) is 0 Å². The number of likely N-dealkylation sites (tertiary alicyclic amines) is 1. The zero-order chi connectivity index (χ0) is 11.9. The molecule has 0 aromatic rings. The van der Waals surface area contributed by atoms with Crippen LogP contribution in [-0.2, 0) is 9.59 Å². The summed E-state index contributed by atoms with van der Waals surface area (Å²) in [6, 6.07) is 0. The van der Waals surface area contributed by atoms with E-state index in [1.807, 2.05) is 13.8 Å². The number of nitrogens with zero attached hydrogens (tertiary/aromatic N) is 1. The maximum Gasteiger partial charge on any atom is 0.308 e. The molecule has 2 atom stereocenters. The number of rotatable bonds is 2. The topological polar surface area (TPSA) is 57.6 Å². The van der Waals surface area contributed by atoms with Crippen molar-refractivity contribution < 1.29 is 14.7 Å². The molecule has 1 heterocycles. The van der Waals surface area contributed by atoms with E-state index in [0.717, 1.165) is 19.3 Å². The van der Waals surface area contributed by atoms with E-state index in [1.54, 1.807) is 4.90 Å². The number of carbonyl (C=O) groups excluding carboxylic acids is 1. The molecule has 2 aliphatic rings. The monoisotopic (exact) mass is 225 g/mol. The fourth-order valence-corrected chi connectivity index (χ4v) is 2.76. The van der Waals surface area contributed by atoms with E-state index in [0.29, 0.717) is 13.1 Å².